The van der Waals surface area contributed by atoms with Crippen LogP contribution in [0.25, 0.3) is 10.8 Å². The minimum absolute atomic E-state index is 0.706. The molecule has 0 unspecified atom stereocenters. The predicted octanol–water partition coefficient (Wildman–Crippen LogP) is 4.31. The highest BCUT2D eigenvalue weighted by atomic mass is 16.5. The van der Waals surface area contributed by atoms with Crippen molar-refractivity contribution in [3.8, 4) is 5.75 Å². The number of rotatable bonds is 6. The molecule has 1 fully saturated rings. The van der Waals surface area contributed by atoms with Gasteiger partial charge in [0, 0.05) is 48.6 Å². The third kappa shape index (κ3) is 4.45. The van der Waals surface area contributed by atoms with E-state index in [0.29, 0.717) is 6.61 Å². The van der Waals surface area contributed by atoms with E-state index < -0.39 is 0 Å². The molecule has 1 aliphatic rings. The molecule has 0 N–H and O–H groups in total. The smallest absolute Gasteiger partial charge is 0.120 e. The van der Waals surface area contributed by atoms with Crippen molar-refractivity contribution in [3.63, 3.8) is 0 Å². The standard InChI is InChI=1S/C24H29N3O/c1-19-6-3-8-21(25-19)9-5-17-28-22-12-11-20-7-4-10-24(23(20)18-22)27-15-13-26(2)14-16-27/h3-4,6-8,10-12,18H,5,9,13-17H2,1-2H3. The number of piperazine rings is 1. The highest BCUT2D eigenvalue weighted by molar-refractivity contribution is 5.95. The molecule has 4 nitrogen and oxygen atoms in total. The molecule has 2 aromatic carbocycles. The Kier molecular flexibility index (Phi) is 5.77. The van der Waals surface area contributed by atoms with Gasteiger partial charge in [0.15, 0.2) is 0 Å². The monoisotopic (exact) mass is 375 g/mol. The van der Waals surface area contributed by atoms with Gasteiger partial charge < -0.3 is 14.5 Å². The number of fused-ring (bicyclic) bond motifs is 1. The SMILES string of the molecule is Cc1cccc(CCCOc2ccc3cccc(N4CCN(C)CC4)c3c2)n1. The molecule has 0 bridgehead atoms. The molecule has 4 rings (SSSR count). The average Bonchev–Trinajstić information content (AvgIpc) is 2.71. The number of anilines is 1. The lowest BCUT2D eigenvalue weighted by Crippen LogP contribution is -2.44. The van der Waals surface area contributed by atoms with Crippen LogP contribution in [0.1, 0.15) is 17.8 Å². The number of pyridine rings is 1. The molecule has 0 amide bonds. The number of hydrogen-bond donors (Lipinski definition) is 0. The van der Waals surface area contributed by atoms with Crippen LogP contribution >= 0.6 is 0 Å². The van der Waals surface area contributed by atoms with Crippen molar-refractivity contribution in [2.75, 3.05) is 44.7 Å². The van der Waals surface area contributed by atoms with Gasteiger partial charge in [-0.3, -0.25) is 4.98 Å². The summed E-state index contributed by atoms with van der Waals surface area (Å²) < 4.78 is 6.07. The van der Waals surface area contributed by atoms with Gasteiger partial charge in [0.05, 0.1) is 6.61 Å². The third-order valence-corrected chi connectivity index (χ3v) is 5.47. The lowest BCUT2D eigenvalue weighted by Gasteiger charge is -2.34. The van der Waals surface area contributed by atoms with Crippen molar-refractivity contribution in [2.45, 2.75) is 19.8 Å². The first kappa shape index (κ1) is 18.8. The van der Waals surface area contributed by atoms with Crippen LogP contribution in [0.2, 0.25) is 0 Å². The van der Waals surface area contributed by atoms with E-state index in [2.05, 4.69) is 70.4 Å². The van der Waals surface area contributed by atoms with Crippen molar-refractivity contribution in [1.29, 1.82) is 0 Å². The molecule has 0 spiro atoms. The van der Waals surface area contributed by atoms with Crippen molar-refractivity contribution in [3.05, 3.63) is 66.0 Å². The van der Waals surface area contributed by atoms with E-state index in [9.17, 15) is 0 Å². The average molecular weight is 376 g/mol. The van der Waals surface area contributed by atoms with Crippen molar-refractivity contribution in [2.24, 2.45) is 0 Å². The summed E-state index contributed by atoms with van der Waals surface area (Å²) in [6.45, 7) is 7.11. The number of ether oxygens (including phenoxy) is 1. The van der Waals surface area contributed by atoms with E-state index in [1.807, 2.05) is 13.0 Å². The number of hydrogen-bond acceptors (Lipinski definition) is 4. The van der Waals surface area contributed by atoms with Crippen LogP contribution in [-0.4, -0.2) is 49.7 Å². The van der Waals surface area contributed by atoms with Gasteiger partial charge in [0.25, 0.3) is 0 Å². The summed E-state index contributed by atoms with van der Waals surface area (Å²) >= 11 is 0. The lowest BCUT2D eigenvalue weighted by atomic mass is 10.1. The van der Waals surface area contributed by atoms with E-state index in [1.54, 1.807) is 0 Å². The number of nitrogens with zero attached hydrogens (tertiary/aromatic N) is 3. The molecular weight excluding hydrogens is 346 g/mol. The molecule has 1 aliphatic heterocycles. The van der Waals surface area contributed by atoms with Crippen LogP contribution in [0.5, 0.6) is 5.75 Å². The van der Waals surface area contributed by atoms with E-state index in [1.165, 1.54) is 16.5 Å². The zero-order valence-electron chi connectivity index (χ0n) is 16.9. The summed E-state index contributed by atoms with van der Waals surface area (Å²) in [4.78, 5) is 9.45. The van der Waals surface area contributed by atoms with Gasteiger partial charge >= 0.3 is 0 Å². The maximum atomic E-state index is 6.07. The Morgan fingerprint density at radius 1 is 0.964 bits per heavy atom. The van der Waals surface area contributed by atoms with Gasteiger partial charge in [0.1, 0.15) is 5.75 Å². The summed E-state index contributed by atoms with van der Waals surface area (Å²) in [6, 6.07) is 19.2. The maximum Gasteiger partial charge on any atom is 0.120 e. The zero-order chi connectivity index (χ0) is 19.3. The van der Waals surface area contributed by atoms with E-state index in [4.69, 9.17) is 4.74 Å². The predicted molar refractivity (Wildman–Crippen MR) is 116 cm³/mol. The Morgan fingerprint density at radius 2 is 1.79 bits per heavy atom. The second kappa shape index (κ2) is 8.61. The van der Waals surface area contributed by atoms with Crippen LogP contribution in [0, 0.1) is 6.92 Å². The van der Waals surface area contributed by atoms with Gasteiger partial charge in [-0.2, -0.15) is 0 Å². The molecule has 0 radical (unpaired) electrons. The Hall–Kier alpha value is -2.59. The largest absolute Gasteiger partial charge is 0.494 e. The number of benzene rings is 2. The summed E-state index contributed by atoms with van der Waals surface area (Å²) in [5.41, 5.74) is 3.53. The normalized spacial score (nSPS) is 15.1. The second-order valence-corrected chi connectivity index (χ2v) is 7.67. The minimum atomic E-state index is 0.706. The number of aromatic nitrogens is 1. The molecule has 0 aliphatic carbocycles. The maximum absolute atomic E-state index is 6.07. The molecule has 4 heteroatoms. The quantitative estimate of drug-likeness (QED) is 0.601. The Balaban J connectivity index is 1.42. The van der Waals surface area contributed by atoms with Gasteiger partial charge in [-0.05, 0) is 62.5 Å². The van der Waals surface area contributed by atoms with Crippen molar-refractivity contribution < 1.29 is 4.74 Å². The fourth-order valence-electron chi connectivity index (χ4n) is 3.83. The second-order valence-electron chi connectivity index (χ2n) is 7.67. The molecule has 1 saturated heterocycles. The molecular formula is C24H29N3O. The fourth-order valence-corrected chi connectivity index (χ4v) is 3.83. The Bertz CT molecular complexity index is 932. The van der Waals surface area contributed by atoms with E-state index >= 15 is 0 Å². The highest BCUT2D eigenvalue weighted by Gasteiger charge is 2.16. The first-order valence-corrected chi connectivity index (χ1v) is 10.2. The molecule has 146 valence electrons. The van der Waals surface area contributed by atoms with Gasteiger partial charge in [-0.25, -0.2) is 0 Å². The van der Waals surface area contributed by atoms with E-state index in [-0.39, 0.29) is 0 Å². The minimum Gasteiger partial charge on any atom is -0.494 e. The molecule has 0 saturated carbocycles. The summed E-state index contributed by atoms with van der Waals surface area (Å²) in [7, 11) is 2.19. The van der Waals surface area contributed by atoms with Gasteiger partial charge in [-0.15, -0.1) is 0 Å². The van der Waals surface area contributed by atoms with Crippen LogP contribution in [0.3, 0.4) is 0 Å². The highest BCUT2D eigenvalue weighted by Crippen LogP contribution is 2.30. The summed E-state index contributed by atoms with van der Waals surface area (Å²) in [6.07, 6.45) is 1.91. The molecule has 2 heterocycles. The number of likely N-dealkylation sites (N-methyl/N-ethyl adjacent to an activating group) is 1. The lowest BCUT2D eigenvalue weighted by molar-refractivity contribution is 0.310. The molecule has 3 aromatic rings. The Morgan fingerprint density at radius 3 is 2.61 bits per heavy atom. The van der Waals surface area contributed by atoms with Gasteiger partial charge in [-0.1, -0.05) is 24.3 Å². The molecule has 1 aromatic heterocycles. The third-order valence-electron chi connectivity index (χ3n) is 5.47. The van der Waals surface area contributed by atoms with Crippen LogP contribution in [0.15, 0.2) is 54.6 Å². The Labute approximate surface area is 167 Å². The van der Waals surface area contributed by atoms with E-state index in [0.717, 1.165) is 56.2 Å². The fraction of sp³-hybridized carbons (Fsp3) is 0.375. The van der Waals surface area contributed by atoms with Gasteiger partial charge in [0.2, 0.25) is 0 Å². The van der Waals surface area contributed by atoms with Crippen LogP contribution in [0.4, 0.5) is 5.69 Å². The van der Waals surface area contributed by atoms with Crippen LogP contribution < -0.4 is 9.64 Å². The molecule has 28 heavy (non-hydrogen) atoms. The summed E-state index contributed by atoms with van der Waals surface area (Å²) in [5, 5.41) is 2.55. The molecule has 0 atom stereocenters. The topological polar surface area (TPSA) is 28.6 Å². The first-order chi connectivity index (χ1) is 13.7. The summed E-state index contributed by atoms with van der Waals surface area (Å²) in [5.74, 6) is 0.950. The van der Waals surface area contributed by atoms with Crippen LogP contribution in [-0.2, 0) is 6.42 Å². The number of aryl methyl sites for hydroxylation is 2. The first-order valence-electron chi connectivity index (χ1n) is 10.2. The van der Waals surface area contributed by atoms with Crippen molar-refractivity contribution >= 4 is 16.5 Å². The zero-order valence-corrected chi connectivity index (χ0v) is 16.9. The van der Waals surface area contributed by atoms with Crippen molar-refractivity contribution in [1.82, 2.24) is 9.88 Å².